The molecule has 4 aliphatic carbocycles. The predicted molar refractivity (Wildman–Crippen MR) is 123 cm³/mol. The van der Waals surface area contributed by atoms with Gasteiger partial charge in [0.05, 0.1) is 6.67 Å². The molecule has 33 heavy (non-hydrogen) atoms. The van der Waals surface area contributed by atoms with E-state index < -0.39 is 18.1 Å². The fraction of sp³-hybridized carbons (Fsp3) is 0.481. The number of carboxylic acid groups (broad SMARTS) is 1. The van der Waals surface area contributed by atoms with Crippen LogP contribution in [0.5, 0.6) is 0 Å². The van der Waals surface area contributed by atoms with Gasteiger partial charge in [0.15, 0.2) is 0 Å². The van der Waals surface area contributed by atoms with Crippen molar-refractivity contribution in [2.75, 3.05) is 13.3 Å². The molecule has 0 saturated heterocycles. The van der Waals surface area contributed by atoms with Gasteiger partial charge in [-0.3, -0.25) is 4.39 Å². The zero-order valence-corrected chi connectivity index (χ0v) is 18.7. The SMILES string of the molecule is O=C(NC(C(=O)O)C12CC(CCCCCF)(C1)C2)OCC1c2ccccc2-c2ccccc21. The van der Waals surface area contributed by atoms with Gasteiger partial charge in [0, 0.05) is 11.3 Å². The molecule has 0 radical (unpaired) electrons. The Labute approximate surface area is 193 Å². The van der Waals surface area contributed by atoms with E-state index in [0.29, 0.717) is 6.42 Å². The number of benzene rings is 2. The molecule has 0 aliphatic heterocycles. The molecule has 2 N–H and O–H groups in total. The van der Waals surface area contributed by atoms with Crippen molar-refractivity contribution in [3.8, 4) is 11.1 Å². The first kappa shape index (κ1) is 21.9. The number of hydrogen-bond donors (Lipinski definition) is 2. The molecule has 1 amide bonds. The molecule has 1 unspecified atom stereocenters. The van der Waals surface area contributed by atoms with Crippen LogP contribution in [0.2, 0.25) is 0 Å². The number of unbranched alkanes of at least 4 members (excludes halogenated alkanes) is 2. The number of amides is 1. The summed E-state index contributed by atoms with van der Waals surface area (Å²) in [5, 5.41) is 12.5. The van der Waals surface area contributed by atoms with Crippen LogP contribution in [-0.2, 0) is 9.53 Å². The van der Waals surface area contributed by atoms with Crippen LogP contribution >= 0.6 is 0 Å². The van der Waals surface area contributed by atoms with Crippen molar-refractivity contribution in [1.82, 2.24) is 5.32 Å². The van der Waals surface area contributed by atoms with Gasteiger partial charge in [-0.05, 0) is 59.8 Å². The molecule has 1 atom stereocenters. The highest BCUT2D eigenvalue weighted by atomic mass is 19.1. The minimum atomic E-state index is -1.01. The molecule has 0 heterocycles. The van der Waals surface area contributed by atoms with Crippen LogP contribution in [0.3, 0.4) is 0 Å². The second kappa shape index (κ2) is 8.47. The van der Waals surface area contributed by atoms with Crippen molar-refractivity contribution in [2.45, 2.75) is 56.9 Å². The van der Waals surface area contributed by atoms with Crippen LogP contribution in [0.4, 0.5) is 9.18 Å². The maximum Gasteiger partial charge on any atom is 0.407 e. The fourth-order valence-electron chi connectivity index (χ4n) is 6.66. The molecule has 3 saturated carbocycles. The number of fused-ring (bicyclic) bond motifs is 3. The molecule has 6 rings (SSSR count). The van der Waals surface area contributed by atoms with Crippen molar-refractivity contribution in [3.05, 3.63) is 59.7 Å². The smallest absolute Gasteiger partial charge is 0.407 e. The maximum atomic E-state index is 12.6. The Balaban J connectivity index is 1.18. The third kappa shape index (κ3) is 3.79. The Kier molecular flexibility index (Phi) is 5.63. The van der Waals surface area contributed by atoms with Crippen molar-refractivity contribution < 1.29 is 23.8 Å². The maximum absolute atomic E-state index is 12.6. The Bertz CT molecular complexity index is 1000. The highest BCUT2D eigenvalue weighted by molar-refractivity contribution is 5.82. The molecule has 5 nitrogen and oxygen atoms in total. The second-order valence-electron chi connectivity index (χ2n) is 10.1. The zero-order chi connectivity index (χ0) is 23.1. The lowest BCUT2D eigenvalue weighted by molar-refractivity contribution is -0.228. The first-order valence-corrected chi connectivity index (χ1v) is 11.9. The van der Waals surface area contributed by atoms with E-state index in [4.69, 9.17) is 4.74 Å². The Hall–Kier alpha value is -2.89. The lowest BCUT2D eigenvalue weighted by Crippen LogP contribution is -2.71. The normalized spacial score (nSPS) is 25.2. The molecule has 2 bridgehead atoms. The van der Waals surface area contributed by atoms with Crippen LogP contribution in [0, 0.1) is 10.8 Å². The summed E-state index contributed by atoms with van der Waals surface area (Å²) >= 11 is 0. The number of carboxylic acids is 1. The second-order valence-corrected chi connectivity index (χ2v) is 10.1. The van der Waals surface area contributed by atoms with Crippen LogP contribution in [0.1, 0.15) is 62.0 Å². The summed E-state index contributed by atoms with van der Waals surface area (Å²) in [6.07, 6.45) is 5.26. The fourth-order valence-corrected chi connectivity index (χ4v) is 6.66. The lowest BCUT2D eigenvalue weighted by atomic mass is 9.32. The minimum absolute atomic E-state index is 0.0611. The van der Waals surface area contributed by atoms with Crippen LogP contribution in [0.25, 0.3) is 11.1 Å². The Morgan fingerprint density at radius 2 is 1.61 bits per heavy atom. The van der Waals surface area contributed by atoms with E-state index in [-0.39, 0.29) is 30.0 Å². The summed E-state index contributed by atoms with van der Waals surface area (Å²) in [4.78, 5) is 24.6. The van der Waals surface area contributed by atoms with Gasteiger partial charge >= 0.3 is 12.1 Å². The number of aliphatic carboxylic acids is 1. The van der Waals surface area contributed by atoms with Crippen molar-refractivity contribution in [1.29, 1.82) is 0 Å². The molecule has 3 fully saturated rings. The Morgan fingerprint density at radius 1 is 1.00 bits per heavy atom. The average molecular weight is 452 g/mol. The highest BCUT2D eigenvalue weighted by Gasteiger charge is 2.71. The van der Waals surface area contributed by atoms with Gasteiger partial charge in [0.2, 0.25) is 0 Å². The topological polar surface area (TPSA) is 75.6 Å². The van der Waals surface area contributed by atoms with E-state index in [1.807, 2.05) is 24.3 Å². The molecular weight excluding hydrogens is 421 g/mol. The number of rotatable bonds is 10. The van der Waals surface area contributed by atoms with Gasteiger partial charge in [0.1, 0.15) is 12.6 Å². The molecule has 4 aliphatic rings. The van der Waals surface area contributed by atoms with E-state index in [9.17, 15) is 19.1 Å². The monoisotopic (exact) mass is 451 g/mol. The summed E-state index contributed by atoms with van der Waals surface area (Å²) in [5.41, 5.74) is 4.38. The summed E-state index contributed by atoms with van der Waals surface area (Å²) < 4.78 is 17.9. The van der Waals surface area contributed by atoms with E-state index >= 15 is 0 Å². The number of nitrogens with one attached hydrogen (secondary N) is 1. The van der Waals surface area contributed by atoms with Crippen LogP contribution in [0.15, 0.2) is 48.5 Å². The van der Waals surface area contributed by atoms with Gasteiger partial charge in [-0.2, -0.15) is 0 Å². The summed E-state index contributed by atoms with van der Waals surface area (Å²) in [7, 11) is 0. The van der Waals surface area contributed by atoms with E-state index in [2.05, 4.69) is 29.6 Å². The summed E-state index contributed by atoms with van der Waals surface area (Å²) in [6.45, 7) is -0.111. The predicted octanol–water partition coefficient (Wildman–Crippen LogP) is 5.68. The van der Waals surface area contributed by atoms with Crippen LogP contribution < -0.4 is 5.32 Å². The van der Waals surface area contributed by atoms with E-state index in [0.717, 1.165) is 60.8 Å². The number of halogens is 1. The minimum Gasteiger partial charge on any atom is -0.480 e. The van der Waals surface area contributed by atoms with Gasteiger partial charge in [0.25, 0.3) is 0 Å². The van der Waals surface area contributed by atoms with Gasteiger partial charge in [-0.25, -0.2) is 9.59 Å². The van der Waals surface area contributed by atoms with E-state index in [1.54, 1.807) is 0 Å². The molecule has 174 valence electrons. The molecule has 0 aromatic heterocycles. The van der Waals surface area contributed by atoms with Crippen LogP contribution in [-0.4, -0.2) is 36.5 Å². The largest absolute Gasteiger partial charge is 0.480 e. The number of alkyl carbamates (subject to hydrolysis) is 1. The van der Waals surface area contributed by atoms with Crippen molar-refractivity contribution >= 4 is 12.1 Å². The molecule has 2 aromatic carbocycles. The molecule has 2 aromatic rings. The summed E-state index contributed by atoms with van der Waals surface area (Å²) in [5.74, 6) is -1.07. The third-order valence-electron chi connectivity index (χ3n) is 7.99. The number of hydrogen-bond acceptors (Lipinski definition) is 3. The number of carbonyl (C=O) groups excluding carboxylic acids is 1. The first-order chi connectivity index (χ1) is 16.0. The zero-order valence-electron chi connectivity index (χ0n) is 18.7. The lowest BCUT2D eigenvalue weighted by Gasteiger charge is -2.72. The quantitative estimate of drug-likeness (QED) is 0.456. The Morgan fingerprint density at radius 3 is 2.18 bits per heavy atom. The molecule has 0 spiro atoms. The average Bonchev–Trinajstić information content (AvgIpc) is 3.08. The van der Waals surface area contributed by atoms with Gasteiger partial charge in [-0.15, -0.1) is 0 Å². The van der Waals surface area contributed by atoms with Gasteiger partial charge < -0.3 is 15.2 Å². The molecular formula is C27H30FNO4. The van der Waals surface area contributed by atoms with Gasteiger partial charge in [-0.1, -0.05) is 61.4 Å². The standard InChI is InChI=1S/C27H30FNO4/c28-13-7-1-6-12-26-15-27(16-26,17-26)23(24(30)31)29-25(32)33-14-22-20-10-4-2-8-18(20)19-9-3-5-11-21(19)22/h2-5,8-11,22-23H,1,6-7,12-17H2,(H,29,32)(H,30,31). The number of carbonyl (C=O) groups is 2. The molecule has 6 heteroatoms. The van der Waals surface area contributed by atoms with Crippen molar-refractivity contribution in [3.63, 3.8) is 0 Å². The number of ether oxygens (including phenoxy) is 1. The highest BCUT2D eigenvalue weighted by Crippen LogP contribution is 2.76. The number of alkyl halides is 1. The van der Waals surface area contributed by atoms with E-state index in [1.165, 1.54) is 0 Å². The first-order valence-electron chi connectivity index (χ1n) is 11.9. The third-order valence-corrected chi connectivity index (χ3v) is 7.99. The summed E-state index contributed by atoms with van der Waals surface area (Å²) in [6, 6.07) is 15.3. The van der Waals surface area contributed by atoms with Crippen molar-refractivity contribution in [2.24, 2.45) is 10.8 Å².